The number of rotatable bonds is 1. The van der Waals surface area contributed by atoms with Gasteiger partial charge in [-0.3, -0.25) is 0 Å². The number of piperidine rings is 1. The fourth-order valence-corrected chi connectivity index (χ4v) is 2.95. The topological polar surface area (TPSA) is 12.0 Å². The molecule has 1 saturated heterocycles. The third-order valence-corrected chi connectivity index (χ3v) is 4.46. The second-order valence-electron chi connectivity index (χ2n) is 5.25. The summed E-state index contributed by atoms with van der Waals surface area (Å²) in [4.78, 5) is 0. The van der Waals surface area contributed by atoms with Gasteiger partial charge >= 0.3 is 0 Å². The summed E-state index contributed by atoms with van der Waals surface area (Å²) >= 11 is 0. The van der Waals surface area contributed by atoms with Gasteiger partial charge in [0.15, 0.2) is 0 Å². The zero-order chi connectivity index (χ0) is 8.77. The second-order valence-corrected chi connectivity index (χ2v) is 5.25. The minimum atomic E-state index is 0.576. The molecular formula is C11H21N. The summed E-state index contributed by atoms with van der Waals surface area (Å²) < 4.78 is 0. The summed E-state index contributed by atoms with van der Waals surface area (Å²) in [5, 5.41) is 3.68. The van der Waals surface area contributed by atoms with Crippen molar-refractivity contribution in [2.45, 2.75) is 46.1 Å². The van der Waals surface area contributed by atoms with E-state index in [1.807, 2.05) is 0 Å². The van der Waals surface area contributed by atoms with Crippen LogP contribution in [0, 0.1) is 17.3 Å². The molecule has 1 N–H and O–H groups in total. The van der Waals surface area contributed by atoms with Crippen LogP contribution in [-0.2, 0) is 0 Å². The summed E-state index contributed by atoms with van der Waals surface area (Å²) in [7, 11) is 0. The molecule has 3 unspecified atom stereocenters. The first-order chi connectivity index (χ1) is 5.63. The van der Waals surface area contributed by atoms with Crippen molar-refractivity contribution in [1.29, 1.82) is 0 Å². The predicted molar refractivity (Wildman–Crippen MR) is 52.1 cm³/mol. The molecule has 1 heteroatoms. The van der Waals surface area contributed by atoms with Crippen LogP contribution in [0.15, 0.2) is 0 Å². The highest BCUT2D eigenvalue weighted by atomic mass is 15.0. The molecule has 2 fully saturated rings. The molecule has 0 aromatic carbocycles. The van der Waals surface area contributed by atoms with E-state index in [0.717, 1.165) is 17.9 Å². The van der Waals surface area contributed by atoms with Crippen molar-refractivity contribution in [2.24, 2.45) is 17.3 Å². The van der Waals surface area contributed by atoms with Gasteiger partial charge in [-0.25, -0.2) is 0 Å². The van der Waals surface area contributed by atoms with Crippen molar-refractivity contribution in [2.75, 3.05) is 6.54 Å². The molecule has 1 nitrogen and oxygen atoms in total. The zero-order valence-corrected chi connectivity index (χ0v) is 8.56. The van der Waals surface area contributed by atoms with Crippen LogP contribution < -0.4 is 5.32 Å². The van der Waals surface area contributed by atoms with Crippen molar-refractivity contribution < 1.29 is 0 Å². The van der Waals surface area contributed by atoms with E-state index in [1.54, 1.807) is 0 Å². The maximum absolute atomic E-state index is 3.68. The van der Waals surface area contributed by atoms with E-state index in [1.165, 1.54) is 25.8 Å². The van der Waals surface area contributed by atoms with Crippen LogP contribution in [-0.4, -0.2) is 12.6 Å². The van der Waals surface area contributed by atoms with Crippen molar-refractivity contribution in [3.63, 3.8) is 0 Å². The minimum Gasteiger partial charge on any atom is -0.313 e. The molecule has 0 aromatic heterocycles. The van der Waals surface area contributed by atoms with E-state index < -0.39 is 0 Å². The van der Waals surface area contributed by atoms with Gasteiger partial charge in [0.05, 0.1) is 0 Å². The minimum absolute atomic E-state index is 0.576. The van der Waals surface area contributed by atoms with Crippen LogP contribution in [0.25, 0.3) is 0 Å². The lowest BCUT2D eigenvalue weighted by Gasteiger charge is -2.43. The summed E-state index contributed by atoms with van der Waals surface area (Å²) in [5.41, 5.74) is 0.576. The molecule has 0 spiro atoms. The Labute approximate surface area is 75.9 Å². The lowest BCUT2D eigenvalue weighted by Crippen LogP contribution is -2.48. The summed E-state index contributed by atoms with van der Waals surface area (Å²) in [6, 6.07) is 0.863. The fraction of sp³-hybridized carbons (Fsp3) is 1.00. The third kappa shape index (κ3) is 1.10. The third-order valence-electron chi connectivity index (χ3n) is 4.46. The van der Waals surface area contributed by atoms with Crippen LogP contribution in [0.1, 0.15) is 40.0 Å². The van der Waals surface area contributed by atoms with Crippen molar-refractivity contribution >= 4 is 0 Å². The molecular weight excluding hydrogens is 146 g/mol. The highest BCUT2D eigenvalue weighted by molar-refractivity contribution is 4.98. The monoisotopic (exact) mass is 167 g/mol. The van der Waals surface area contributed by atoms with Gasteiger partial charge in [0.25, 0.3) is 0 Å². The van der Waals surface area contributed by atoms with Crippen LogP contribution in [0.3, 0.4) is 0 Å². The lowest BCUT2D eigenvalue weighted by molar-refractivity contribution is 0.0882. The number of nitrogens with one attached hydrogen (secondary N) is 1. The summed E-state index contributed by atoms with van der Waals surface area (Å²) in [6.07, 6.45) is 4.33. The van der Waals surface area contributed by atoms with Gasteiger partial charge < -0.3 is 5.32 Å². The van der Waals surface area contributed by atoms with Crippen LogP contribution in [0.4, 0.5) is 0 Å². The predicted octanol–water partition coefficient (Wildman–Crippen LogP) is 2.42. The second kappa shape index (κ2) is 2.73. The molecule has 2 rings (SSSR count). The van der Waals surface area contributed by atoms with Gasteiger partial charge in [-0.2, -0.15) is 0 Å². The molecule has 1 aliphatic carbocycles. The highest BCUT2D eigenvalue weighted by Gasteiger charge is 2.44. The zero-order valence-electron chi connectivity index (χ0n) is 8.56. The molecule has 12 heavy (non-hydrogen) atoms. The largest absolute Gasteiger partial charge is 0.313 e. The van der Waals surface area contributed by atoms with Gasteiger partial charge in [-0.05, 0) is 36.5 Å². The first kappa shape index (κ1) is 8.55. The van der Waals surface area contributed by atoms with Crippen LogP contribution >= 0.6 is 0 Å². The Morgan fingerprint density at radius 2 is 2.08 bits per heavy atom. The van der Waals surface area contributed by atoms with Gasteiger partial charge in [-0.1, -0.05) is 20.8 Å². The number of fused-ring (bicyclic) bond motifs is 2. The molecule has 1 heterocycles. The van der Waals surface area contributed by atoms with Crippen LogP contribution in [0.2, 0.25) is 0 Å². The van der Waals surface area contributed by atoms with Gasteiger partial charge in [0.1, 0.15) is 0 Å². The molecule has 1 aliphatic heterocycles. The molecule has 3 atom stereocenters. The van der Waals surface area contributed by atoms with Gasteiger partial charge in [-0.15, -0.1) is 0 Å². The molecule has 1 saturated carbocycles. The SMILES string of the molecule is CC(C)C1(C)CNC2CCC1C2. The Morgan fingerprint density at radius 1 is 1.33 bits per heavy atom. The summed E-state index contributed by atoms with van der Waals surface area (Å²) in [6.45, 7) is 8.47. The van der Waals surface area contributed by atoms with E-state index in [2.05, 4.69) is 26.1 Å². The quantitative estimate of drug-likeness (QED) is 0.632. The maximum atomic E-state index is 3.68. The Bertz CT molecular complexity index is 176. The number of hydrogen-bond donors (Lipinski definition) is 1. The first-order valence-corrected chi connectivity index (χ1v) is 5.36. The molecule has 0 aromatic rings. The van der Waals surface area contributed by atoms with E-state index in [4.69, 9.17) is 0 Å². The Kier molecular flexibility index (Phi) is 1.95. The smallest absolute Gasteiger partial charge is 0.00702 e. The molecule has 2 aliphatic rings. The highest BCUT2D eigenvalue weighted by Crippen LogP contribution is 2.47. The molecule has 70 valence electrons. The Morgan fingerprint density at radius 3 is 2.75 bits per heavy atom. The van der Waals surface area contributed by atoms with E-state index in [-0.39, 0.29) is 0 Å². The maximum Gasteiger partial charge on any atom is 0.00702 e. The van der Waals surface area contributed by atoms with Crippen molar-refractivity contribution in [3.05, 3.63) is 0 Å². The average molecular weight is 167 g/mol. The Hall–Kier alpha value is -0.0400. The molecule has 2 bridgehead atoms. The standard InChI is InChI=1S/C11H21N/c1-8(2)11(3)7-12-10-5-4-9(11)6-10/h8-10,12H,4-7H2,1-3H3. The van der Waals surface area contributed by atoms with E-state index in [9.17, 15) is 0 Å². The van der Waals surface area contributed by atoms with Gasteiger partial charge in [0, 0.05) is 12.6 Å². The number of hydrogen-bond acceptors (Lipinski definition) is 1. The van der Waals surface area contributed by atoms with E-state index in [0.29, 0.717) is 5.41 Å². The van der Waals surface area contributed by atoms with Gasteiger partial charge in [0.2, 0.25) is 0 Å². The fourth-order valence-electron chi connectivity index (χ4n) is 2.95. The average Bonchev–Trinajstić information content (AvgIpc) is 2.43. The summed E-state index contributed by atoms with van der Waals surface area (Å²) in [5.74, 6) is 1.83. The lowest BCUT2D eigenvalue weighted by atomic mass is 9.67. The van der Waals surface area contributed by atoms with Crippen LogP contribution in [0.5, 0.6) is 0 Å². The Balaban J connectivity index is 2.15. The molecule has 0 radical (unpaired) electrons. The van der Waals surface area contributed by atoms with Crippen molar-refractivity contribution in [1.82, 2.24) is 5.32 Å². The van der Waals surface area contributed by atoms with E-state index >= 15 is 0 Å². The normalized spacial score (nSPS) is 47.0. The van der Waals surface area contributed by atoms with Crippen molar-refractivity contribution in [3.8, 4) is 0 Å². The molecule has 0 amide bonds. The first-order valence-electron chi connectivity index (χ1n) is 5.36.